The van der Waals surface area contributed by atoms with Gasteiger partial charge >= 0.3 is 8.03 Å². The molecule has 0 saturated carbocycles. The SMILES string of the molecule is CC(C)CO[P+](=O)C(C)(C)O. The lowest BCUT2D eigenvalue weighted by Crippen LogP contribution is -2.14. The Balaban J connectivity index is 3.71. The molecule has 0 saturated heterocycles. The normalized spacial score (nSPS) is 13.8. The van der Waals surface area contributed by atoms with Gasteiger partial charge in [-0.05, 0) is 10.5 Å². The first-order valence-electron chi connectivity index (χ1n) is 3.66. The molecule has 3 nitrogen and oxygen atoms in total. The maximum absolute atomic E-state index is 11.0. The van der Waals surface area contributed by atoms with Gasteiger partial charge in [-0.1, -0.05) is 13.8 Å². The van der Waals surface area contributed by atoms with Gasteiger partial charge in [-0.15, -0.1) is 4.52 Å². The first-order valence-corrected chi connectivity index (χ1v) is 4.84. The summed E-state index contributed by atoms with van der Waals surface area (Å²) in [6.45, 7) is 7.32. The van der Waals surface area contributed by atoms with Crippen molar-refractivity contribution >= 4 is 8.03 Å². The molecule has 0 heterocycles. The highest BCUT2D eigenvalue weighted by molar-refractivity contribution is 7.40. The molecule has 1 N–H and O–H groups in total. The monoisotopic (exact) mass is 179 g/mol. The minimum Gasteiger partial charge on any atom is -0.347 e. The predicted octanol–water partition coefficient (Wildman–Crippen LogP) is 2.13. The van der Waals surface area contributed by atoms with Crippen molar-refractivity contribution in [2.24, 2.45) is 5.92 Å². The summed E-state index contributed by atoms with van der Waals surface area (Å²) in [5, 5.41) is 7.97. The molecule has 1 atom stereocenters. The Morgan fingerprint density at radius 3 is 2.27 bits per heavy atom. The fourth-order valence-corrected chi connectivity index (χ4v) is 1.12. The van der Waals surface area contributed by atoms with Crippen molar-refractivity contribution in [1.29, 1.82) is 0 Å². The zero-order valence-corrected chi connectivity index (χ0v) is 8.39. The molecule has 0 aromatic heterocycles. The average molecular weight is 179 g/mol. The Bertz CT molecular complexity index is 137. The topological polar surface area (TPSA) is 46.5 Å². The van der Waals surface area contributed by atoms with Gasteiger partial charge in [0.15, 0.2) is 0 Å². The molecule has 0 amide bonds. The van der Waals surface area contributed by atoms with Gasteiger partial charge in [0.1, 0.15) is 6.61 Å². The van der Waals surface area contributed by atoms with Gasteiger partial charge in [-0.25, -0.2) is 0 Å². The van der Waals surface area contributed by atoms with E-state index in [9.17, 15) is 9.67 Å². The van der Waals surface area contributed by atoms with Gasteiger partial charge in [0.2, 0.25) is 0 Å². The number of aliphatic hydroxyl groups is 1. The van der Waals surface area contributed by atoms with Gasteiger partial charge in [0.25, 0.3) is 5.34 Å². The Labute approximate surface area is 68.6 Å². The second-order valence-corrected chi connectivity index (χ2v) is 5.31. The zero-order valence-electron chi connectivity index (χ0n) is 7.50. The van der Waals surface area contributed by atoms with Crippen molar-refractivity contribution in [3.05, 3.63) is 0 Å². The maximum atomic E-state index is 11.0. The largest absolute Gasteiger partial charge is 0.542 e. The first-order chi connectivity index (χ1) is 4.84. The van der Waals surface area contributed by atoms with Crippen LogP contribution in [0, 0.1) is 5.92 Å². The summed E-state index contributed by atoms with van der Waals surface area (Å²) in [4.78, 5) is 0. The summed E-state index contributed by atoms with van der Waals surface area (Å²) < 4.78 is 16.0. The average Bonchev–Trinajstić information content (AvgIpc) is 1.80. The van der Waals surface area contributed by atoms with Crippen LogP contribution in [0.15, 0.2) is 0 Å². The van der Waals surface area contributed by atoms with Crippen LogP contribution in [-0.4, -0.2) is 17.1 Å². The standard InChI is InChI=1S/C7H16O3P/c1-6(2)5-10-11(9)7(3,4)8/h6,8H,5H2,1-4H3/q+1. The van der Waals surface area contributed by atoms with Crippen molar-refractivity contribution in [1.82, 2.24) is 0 Å². The third-order valence-corrected chi connectivity index (χ3v) is 2.25. The molecule has 0 aromatic carbocycles. The summed E-state index contributed by atoms with van der Waals surface area (Å²) in [6.07, 6.45) is 0. The molecule has 66 valence electrons. The predicted molar refractivity (Wildman–Crippen MR) is 44.7 cm³/mol. The van der Waals surface area contributed by atoms with Crippen LogP contribution in [0.4, 0.5) is 0 Å². The summed E-state index contributed by atoms with van der Waals surface area (Å²) in [5.41, 5.74) is 0. The second-order valence-electron chi connectivity index (χ2n) is 3.44. The number of hydrogen-bond donors (Lipinski definition) is 1. The van der Waals surface area contributed by atoms with E-state index in [0.29, 0.717) is 12.5 Å². The van der Waals surface area contributed by atoms with Crippen molar-refractivity contribution < 1.29 is 14.2 Å². The molecule has 0 spiro atoms. The third kappa shape index (κ3) is 5.31. The minimum atomic E-state index is -1.95. The Morgan fingerprint density at radius 2 is 2.00 bits per heavy atom. The van der Waals surface area contributed by atoms with Gasteiger partial charge < -0.3 is 5.11 Å². The van der Waals surface area contributed by atoms with Crippen molar-refractivity contribution in [2.45, 2.75) is 33.0 Å². The Hall–Kier alpha value is 0.0200. The smallest absolute Gasteiger partial charge is 0.347 e. The fraction of sp³-hybridized carbons (Fsp3) is 1.00. The fourth-order valence-electron chi connectivity index (χ4n) is 0.375. The van der Waals surface area contributed by atoms with Crippen LogP contribution in [0.2, 0.25) is 0 Å². The highest BCUT2D eigenvalue weighted by Crippen LogP contribution is 2.37. The van der Waals surface area contributed by atoms with E-state index in [-0.39, 0.29) is 0 Å². The molecule has 0 radical (unpaired) electrons. The van der Waals surface area contributed by atoms with Crippen LogP contribution in [0.5, 0.6) is 0 Å². The summed E-state index contributed by atoms with van der Waals surface area (Å²) in [6, 6.07) is 0. The molecule has 0 rings (SSSR count). The van der Waals surface area contributed by atoms with E-state index in [2.05, 4.69) is 0 Å². The van der Waals surface area contributed by atoms with Gasteiger partial charge in [0.05, 0.1) is 0 Å². The summed E-state index contributed by atoms with van der Waals surface area (Å²) >= 11 is 0. The number of rotatable bonds is 4. The van der Waals surface area contributed by atoms with E-state index in [1.54, 1.807) is 0 Å². The Kier molecular flexibility index (Phi) is 4.16. The molecule has 0 fully saturated rings. The number of hydrogen-bond acceptors (Lipinski definition) is 3. The lowest BCUT2D eigenvalue weighted by atomic mass is 10.2. The molecule has 0 aliphatic carbocycles. The highest BCUT2D eigenvalue weighted by Gasteiger charge is 2.39. The molecular weight excluding hydrogens is 163 g/mol. The second kappa shape index (κ2) is 4.15. The first kappa shape index (κ1) is 11.0. The molecule has 0 aliphatic rings. The van der Waals surface area contributed by atoms with Crippen LogP contribution >= 0.6 is 8.03 Å². The van der Waals surface area contributed by atoms with Crippen molar-refractivity contribution in [2.75, 3.05) is 6.61 Å². The van der Waals surface area contributed by atoms with Crippen LogP contribution in [-0.2, 0) is 9.09 Å². The van der Waals surface area contributed by atoms with Crippen molar-refractivity contribution in [3.8, 4) is 0 Å². The molecule has 0 aromatic rings. The lowest BCUT2D eigenvalue weighted by Gasteiger charge is -2.03. The molecule has 4 heteroatoms. The highest BCUT2D eigenvalue weighted by atomic mass is 31.1. The third-order valence-electron chi connectivity index (χ3n) is 0.972. The maximum Gasteiger partial charge on any atom is 0.542 e. The van der Waals surface area contributed by atoms with E-state index in [1.165, 1.54) is 13.8 Å². The van der Waals surface area contributed by atoms with E-state index in [0.717, 1.165) is 0 Å². The van der Waals surface area contributed by atoms with Crippen LogP contribution in [0.1, 0.15) is 27.7 Å². The Morgan fingerprint density at radius 1 is 1.55 bits per heavy atom. The molecule has 1 unspecified atom stereocenters. The van der Waals surface area contributed by atoms with Gasteiger partial charge in [-0.2, -0.15) is 0 Å². The van der Waals surface area contributed by atoms with E-state index in [4.69, 9.17) is 4.52 Å². The van der Waals surface area contributed by atoms with E-state index in [1.807, 2.05) is 13.8 Å². The zero-order chi connectivity index (χ0) is 9.07. The quantitative estimate of drug-likeness (QED) is 0.672. The van der Waals surface area contributed by atoms with Gasteiger partial charge in [0, 0.05) is 13.8 Å². The molecule has 0 aliphatic heterocycles. The molecular formula is C7H16O3P+. The molecule has 0 bridgehead atoms. The van der Waals surface area contributed by atoms with Crippen molar-refractivity contribution in [3.63, 3.8) is 0 Å². The molecule has 11 heavy (non-hydrogen) atoms. The van der Waals surface area contributed by atoms with Crippen LogP contribution < -0.4 is 0 Å². The lowest BCUT2D eigenvalue weighted by molar-refractivity contribution is 0.140. The minimum absolute atomic E-state index is 0.344. The van der Waals surface area contributed by atoms with Crippen LogP contribution in [0.25, 0.3) is 0 Å². The summed E-state index contributed by atoms with van der Waals surface area (Å²) in [7, 11) is -1.95. The van der Waals surface area contributed by atoms with Crippen LogP contribution in [0.3, 0.4) is 0 Å². The van der Waals surface area contributed by atoms with E-state index < -0.39 is 13.4 Å². The van der Waals surface area contributed by atoms with E-state index >= 15 is 0 Å². The summed E-state index contributed by atoms with van der Waals surface area (Å²) in [5.74, 6) is 0.344. The van der Waals surface area contributed by atoms with Gasteiger partial charge in [-0.3, -0.25) is 0 Å².